The normalized spacial score (nSPS) is 9.29. The standard InChI is InChI=1S/C3H3BrN2O/c4-1-3-2-5-7-6-3/h2H,1H2. The van der Waals surface area contributed by atoms with Crippen LogP contribution in [0.1, 0.15) is 5.69 Å². The summed E-state index contributed by atoms with van der Waals surface area (Å²) in [6.07, 6.45) is 1.56. The van der Waals surface area contributed by atoms with Crippen molar-refractivity contribution in [1.82, 2.24) is 10.3 Å². The van der Waals surface area contributed by atoms with Gasteiger partial charge in [0.2, 0.25) is 0 Å². The number of hydrogen-bond acceptors (Lipinski definition) is 3. The highest BCUT2D eigenvalue weighted by atomic mass is 79.9. The van der Waals surface area contributed by atoms with Crippen molar-refractivity contribution < 1.29 is 4.63 Å². The molecule has 0 fully saturated rings. The van der Waals surface area contributed by atoms with E-state index in [1.54, 1.807) is 6.20 Å². The molecule has 0 aliphatic carbocycles. The van der Waals surface area contributed by atoms with Gasteiger partial charge < -0.3 is 0 Å². The molecule has 38 valence electrons. The quantitative estimate of drug-likeness (QED) is 0.578. The van der Waals surface area contributed by atoms with Gasteiger partial charge in [0.1, 0.15) is 5.69 Å². The van der Waals surface area contributed by atoms with E-state index >= 15 is 0 Å². The first-order chi connectivity index (χ1) is 3.43. The summed E-state index contributed by atoms with van der Waals surface area (Å²) in [5.74, 6) is 0. The number of alkyl halides is 1. The molecule has 0 amide bonds. The van der Waals surface area contributed by atoms with E-state index < -0.39 is 0 Å². The number of nitrogens with zero attached hydrogens (tertiary/aromatic N) is 2. The third-order valence-electron chi connectivity index (χ3n) is 0.544. The fraction of sp³-hybridized carbons (Fsp3) is 0.333. The van der Waals surface area contributed by atoms with Gasteiger partial charge in [-0.05, 0) is 0 Å². The largest absolute Gasteiger partial charge is 0.244 e. The van der Waals surface area contributed by atoms with Gasteiger partial charge in [0.25, 0.3) is 0 Å². The molecular formula is C3H3BrN2O. The molecule has 0 aliphatic heterocycles. The highest BCUT2D eigenvalue weighted by molar-refractivity contribution is 9.08. The highest BCUT2D eigenvalue weighted by Gasteiger charge is 1.89. The Morgan fingerprint density at radius 3 is 3.00 bits per heavy atom. The molecule has 7 heavy (non-hydrogen) atoms. The average molecular weight is 163 g/mol. The highest BCUT2D eigenvalue weighted by Crippen LogP contribution is 1.96. The summed E-state index contributed by atoms with van der Waals surface area (Å²) >= 11 is 3.17. The Morgan fingerprint density at radius 1 is 1.86 bits per heavy atom. The zero-order valence-electron chi connectivity index (χ0n) is 3.47. The molecule has 0 unspecified atom stereocenters. The Morgan fingerprint density at radius 2 is 2.71 bits per heavy atom. The van der Waals surface area contributed by atoms with Crippen LogP contribution in [0.25, 0.3) is 0 Å². The smallest absolute Gasteiger partial charge is 0.115 e. The van der Waals surface area contributed by atoms with Crippen molar-refractivity contribution >= 4 is 15.9 Å². The minimum atomic E-state index is 0.705. The van der Waals surface area contributed by atoms with Crippen LogP contribution in [0.3, 0.4) is 0 Å². The molecule has 1 aromatic heterocycles. The Bertz CT molecular complexity index is 127. The molecule has 0 saturated carbocycles. The van der Waals surface area contributed by atoms with E-state index in [9.17, 15) is 0 Å². The van der Waals surface area contributed by atoms with Crippen LogP contribution in [0, 0.1) is 0 Å². The minimum Gasteiger partial charge on any atom is -0.244 e. The number of aromatic nitrogens is 2. The van der Waals surface area contributed by atoms with Crippen molar-refractivity contribution in [3.05, 3.63) is 11.9 Å². The molecular weight excluding hydrogens is 160 g/mol. The SMILES string of the molecule is BrCc1cnon1. The Balaban J connectivity index is 2.76. The molecule has 0 spiro atoms. The molecule has 3 nitrogen and oxygen atoms in total. The van der Waals surface area contributed by atoms with Gasteiger partial charge >= 0.3 is 0 Å². The summed E-state index contributed by atoms with van der Waals surface area (Å²) in [5, 5.41) is 7.58. The van der Waals surface area contributed by atoms with Gasteiger partial charge in [-0.15, -0.1) is 0 Å². The van der Waals surface area contributed by atoms with Gasteiger partial charge in [-0.2, -0.15) is 0 Å². The lowest BCUT2D eigenvalue weighted by molar-refractivity contribution is 0.304. The molecule has 1 rings (SSSR count). The first-order valence-electron chi connectivity index (χ1n) is 1.76. The summed E-state index contributed by atoms with van der Waals surface area (Å²) < 4.78 is 4.28. The van der Waals surface area contributed by atoms with Crippen molar-refractivity contribution in [3.8, 4) is 0 Å². The van der Waals surface area contributed by atoms with Crippen molar-refractivity contribution in [1.29, 1.82) is 0 Å². The third-order valence-corrected chi connectivity index (χ3v) is 1.12. The van der Waals surface area contributed by atoms with Crippen LogP contribution < -0.4 is 0 Å². The van der Waals surface area contributed by atoms with E-state index in [0.717, 1.165) is 5.69 Å². The van der Waals surface area contributed by atoms with Crippen LogP contribution in [-0.2, 0) is 5.33 Å². The summed E-state index contributed by atoms with van der Waals surface area (Å²) in [6.45, 7) is 0. The molecule has 0 bridgehead atoms. The molecule has 0 aromatic carbocycles. The second kappa shape index (κ2) is 2.07. The van der Waals surface area contributed by atoms with E-state index in [0.29, 0.717) is 5.33 Å². The molecule has 1 heterocycles. The Hall–Kier alpha value is -0.380. The van der Waals surface area contributed by atoms with Crippen LogP contribution in [0.15, 0.2) is 10.8 Å². The zero-order valence-corrected chi connectivity index (χ0v) is 5.05. The van der Waals surface area contributed by atoms with Gasteiger partial charge in [-0.1, -0.05) is 26.2 Å². The fourth-order valence-electron chi connectivity index (χ4n) is 0.243. The van der Waals surface area contributed by atoms with Crippen molar-refractivity contribution in [2.45, 2.75) is 5.33 Å². The van der Waals surface area contributed by atoms with Crippen molar-refractivity contribution in [2.24, 2.45) is 0 Å². The van der Waals surface area contributed by atoms with E-state index in [1.807, 2.05) is 0 Å². The van der Waals surface area contributed by atoms with E-state index in [4.69, 9.17) is 0 Å². The lowest BCUT2D eigenvalue weighted by Crippen LogP contribution is -1.69. The Labute approximate surface area is 48.8 Å². The first-order valence-corrected chi connectivity index (χ1v) is 2.88. The van der Waals surface area contributed by atoms with Gasteiger partial charge in [0.15, 0.2) is 0 Å². The molecule has 4 heteroatoms. The van der Waals surface area contributed by atoms with Gasteiger partial charge in [0, 0.05) is 0 Å². The van der Waals surface area contributed by atoms with E-state index in [2.05, 4.69) is 30.9 Å². The molecule has 0 atom stereocenters. The summed E-state index contributed by atoms with van der Waals surface area (Å²) in [7, 11) is 0. The van der Waals surface area contributed by atoms with Crippen LogP contribution in [0.4, 0.5) is 0 Å². The molecule has 0 radical (unpaired) electrons. The van der Waals surface area contributed by atoms with Crippen LogP contribution >= 0.6 is 15.9 Å². The molecule has 1 aromatic rings. The number of hydrogen-bond donors (Lipinski definition) is 0. The summed E-state index contributed by atoms with van der Waals surface area (Å²) in [5.41, 5.74) is 0.819. The third kappa shape index (κ3) is 0.991. The van der Waals surface area contributed by atoms with Crippen molar-refractivity contribution in [2.75, 3.05) is 0 Å². The molecule has 0 aliphatic rings. The lowest BCUT2D eigenvalue weighted by atomic mass is 10.6. The maximum Gasteiger partial charge on any atom is 0.115 e. The number of halogens is 1. The fourth-order valence-corrected chi connectivity index (χ4v) is 0.490. The maximum absolute atomic E-state index is 4.28. The Kier molecular flexibility index (Phi) is 1.41. The van der Waals surface area contributed by atoms with E-state index in [1.165, 1.54) is 0 Å². The van der Waals surface area contributed by atoms with Crippen molar-refractivity contribution in [3.63, 3.8) is 0 Å². The number of rotatable bonds is 1. The zero-order chi connectivity index (χ0) is 5.11. The van der Waals surface area contributed by atoms with Crippen LogP contribution in [0.2, 0.25) is 0 Å². The minimum absolute atomic E-state index is 0.705. The first kappa shape index (κ1) is 4.77. The predicted octanol–water partition coefficient (Wildman–Crippen LogP) is 0.964. The van der Waals surface area contributed by atoms with Gasteiger partial charge in [0.05, 0.1) is 11.5 Å². The van der Waals surface area contributed by atoms with Gasteiger partial charge in [-0.3, -0.25) is 0 Å². The second-order valence-corrected chi connectivity index (χ2v) is 1.59. The second-order valence-electron chi connectivity index (χ2n) is 1.03. The summed E-state index contributed by atoms with van der Waals surface area (Å²) in [6, 6.07) is 0. The van der Waals surface area contributed by atoms with Crippen LogP contribution in [-0.4, -0.2) is 10.3 Å². The topological polar surface area (TPSA) is 38.9 Å². The monoisotopic (exact) mass is 162 g/mol. The summed E-state index contributed by atoms with van der Waals surface area (Å²) in [4.78, 5) is 0. The molecule has 0 saturated heterocycles. The lowest BCUT2D eigenvalue weighted by Gasteiger charge is -1.70. The van der Waals surface area contributed by atoms with Gasteiger partial charge in [-0.25, -0.2) is 4.63 Å². The van der Waals surface area contributed by atoms with Crippen LogP contribution in [0.5, 0.6) is 0 Å². The maximum atomic E-state index is 4.28. The average Bonchev–Trinajstić information content (AvgIpc) is 2.14. The van der Waals surface area contributed by atoms with E-state index in [-0.39, 0.29) is 0 Å². The molecule has 0 N–H and O–H groups in total. The predicted molar refractivity (Wildman–Crippen MR) is 26.9 cm³/mol.